The van der Waals surface area contributed by atoms with Crippen LogP contribution in [-0.4, -0.2) is 15.5 Å². The molecule has 0 aliphatic carbocycles. The smallest absolute Gasteiger partial charge is 0.252 e. The maximum absolute atomic E-state index is 12.5. The highest BCUT2D eigenvalue weighted by Gasteiger charge is 2.41. The fourth-order valence-corrected chi connectivity index (χ4v) is 4.41. The van der Waals surface area contributed by atoms with E-state index in [0.717, 1.165) is 28.8 Å². The minimum absolute atomic E-state index is 0.0603. The molecular formula is C17H10Cl3N3O. The molecule has 5 rings (SSSR count). The molecule has 24 heavy (non-hydrogen) atoms. The molecule has 4 nitrogen and oxygen atoms in total. The van der Waals surface area contributed by atoms with Crippen LogP contribution in [0, 0.1) is 0 Å². The highest BCUT2D eigenvalue weighted by molar-refractivity contribution is 6.42. The maximum atomic E-state index is 12.5. The Hall–Kier alpha value is -1.75. The molecule has 0 saturated carbocycles. The van der Waals surface area contributed by atoms with Gasteiger partial charge in [0, 0.05) is 16.1 Å². The van der Waals surface area contributed by atoms with Gasteiger partial charge in [-0.05, 0) is 30.7 Å². The van der Waals surface area contributed by atoms with Crippen molar-refractivity contribution in [3.63, 3.8) is 0 Å². The predicted octanol–water partition coefficient (Wildman–Crippen LogP) is 4.77. The zero-order chi connectivity index (χ0) is 16.6. The monoisotopic (exact) mass is 377 g/mol. The van der Waals surface area contributed by atoms with Gasteiger partial charge in [-0.1, -0.05) is 40.9 Å². The number of amides is 1. The van der Waals surface area contributed by atoms with E-state index in [1.54, 1.807) is 18.2 Å². The average molecular weight is 379 g/mol. The van der Waals surface area contributed by atoms with E-state index in [1.807, 2.05) is 12.1 Å². The second-order valence-electron chi connectivity index (χ2n) is 6.07. The number of nitrogens with one attached hydrogen (secondary N) is 1. The van der Waals surface area contributed by atoms with Crippen LogP contribution < -0.4 is 5.32 Å². The third kappa shape index (κ3) is 1.82. The molecule has 0 unspecified atom stereocenters. The number of fused-ring (bicyclic) bond motifs is 9. The van der Waals surface area contributed by atoms with Crippen molar-refractivity contribution < 1.29 is 4.79 Å². The van der Waals surface area contributed by atoms with Gasteiger partial charge in [-0.3, -0.25) is 4.79 Å². The van der Waals surface area contributed by atoms with Gasteiger partial charge in [-0.25, -0.2) is 4.98 Å². The van der Waals surface area contributed by atoms with E-state index in [4.69, 9.17) is 34.8 Å². The molecule has 120 valence electrons. The summed E-state index contributed by atoms with van der Waals surface area (Å²) in [5, 5.41) is 4.58. The lowest BCUT2D eigenvalue weighted by molar-refractivity contribution is 0.0939. The fraction of sp³-hybridized carbons (Fsp3) is 0.176. The second kappa shape index (κ2) is 4.88. The van der Waals surface area contributed by atoms with E-state index in [0.29, 0.717) is 20.6 Å². The second-order valence-corrected chi connectivity index (χ2v) is 7.30. The Labute approximate surface area is 152 Å². The van der Waals surface area contributed by atoms with Gasteiger partial charge in [0.1, 0.15) is 5.82 Å². The molecule has 2 aliphatic rings. The topological polar surface area (TPSA) is 46.9 Å². The van der Waals surface area contributed by atoms with Gasteiger partial charge < -0.3 is 9.88 Å². The van der Waals surface area contributed by atoms with Crippen molar-refractivity contribution in [2.24, 2.45) is 0 Å². The van der Waals surface area contributed by atoms with Crippen molar-refractivity contribution in [1.82, 2.24) is 14.9 Å². The highest BCUT2D eigenvalue weighted by Crippen LogP contribution is 2.46. The molecule has 3 heterocycles. The maximum Gasteiger partial charge on any atom is 0.252 e. The number of carbonyl (C=O) groups excluding carboxylic acids is 1. The number of benzene rings is 2. The molecule has 3 aromatic rings. The van der Waals surface area contributed by atoms with Gasteiger partial charge in [-0.15, -0.1) is 0 Å². The van der Waals surface area contributed by atoms with E-state index >= 15 is 0 Å². The van der Waals surface area contributed by atoms with Crippen LogP contribution in [-0.2, 0) is 0 Å². The minimum atomic E-state index is -0.157. The number of hydrogen-bond donors (Lipinski definition) is 1. The first-order valence-electron chi connectivity index (χ1n) is 7.50. The molecule has 1 N–H and O–H groups in total. The van der Waals surface area contributed by atoms with Crippen LogP contribution >= 0.6 is 34.8 Å². The van der Waals surface area contributed by atoms with Crippen molar-refractivity contribution in [2.45, 2.75) is 18.5 Å². The molecule has 0 fully saturated rings. The quantitative estimate of drug-likeness (QED) is 0.612. The first kappa shape index (κ1) is 14.6. The SMILES string of the molecule is O=C1N[C@@H]2C[C@H](c3c(Cl)cccc31)n1c2nc2cc(Cl)c(Cl)cc21. The summed E-state index contributed by atoms with van der Waals surface area (Å²) >= 11 is 18.8. The third-order valence-corrected chi connectivity index (χ3v) is 5.83. The molecule has 0 radical (unpaired) electrons. The van der Waals surface area contributed by atoms with E-state index in [1.165, 1.54) is 0 Å². The van der Waals surface area contributed by atoms with Crippen LogP contribution in [0.15, 0.2) is 30.3 Å². The van der Waals surface area contributed by atoms with Crippen LogP contribution in [0.2, 0.25) is 15.1 Å². The zero-order valence-electron chi connectivity index (χ0n) is 12.2. The summed E-state index contributed by atoms with van der Waals surface area (Å²) in [7, 11) is 0. The molecular weight excluding hydrogens is 369 g/mol. The summed E-state index contributed by atoms with van der Waals surface area (Å²) in [4.78, 5) is 17.2. The number of aromatic nitrogens is 2. The Morgan fingerprint density at radius 2 is 1.92 bits per heavy atom. The van der Waals surface area contributed by atoms with Crippen LogP contribution in [0.25, 0.3) is 11.0 Å². The van der Waals surface area contributed by atoms with E-state index in [2.05, 4.69) is 14.9 Å². The fourth-order valence-electron chi connectivity index (χ4n) is 3.80. The lowest BCUT2D eigenvalue weighted by Gasteiger charge is -2.19. The Morgan fingerprint density at radius 1 is 1.12 bits per heavy atom. The van der Waals surface area contributed by atoms with Gasteiger partial charge in [0.05, 0.1) is 33.2 Å². The Kier molecular flexibility index (Phi) is 2.97. The molecule has 1 amide bonds. The summed E-state index contributed by atoms with van der Waals surface area (Å²) in [5.41, 5.74) is 3.11. The van der Waals surface area contributed by atoms with E-state index in [-0.39, 0.29) is 18.0 Å². The third-order valence-electron chi connectivity index (χ3n) is 4.78. The van der Waals surface area contributed by atoms with Crippen LogP contribution in [0.5, 0.6) is 0 Å². The van der Waals surface area contributed by atoms with Crippen molar-refractivity contribution in [3.8, 4) is 0 Å². The van der Waals surface area contributed by atoms with Gasteiger partial charge in [0.25, 0.3) is 5.91 Å². The molecule has 0 saturated heterocycles. The zero-order valence-corrected chi connectivity index (χ0v) is 14.5. The molecule has 2 atom stereocenters. The lowest BCUT2D eigenvalue weighted by atomic mass is 9.99. The van der Waals surface area contributed by atoms with Gasteiger partial charge in [-0.2, -0.15) is 0 Å². The summed E-state index contributed by atoms with van der Waals surface area (Å²) in [5.74, 6) is 0.696. The summed E-state index contributed by atoms with van der Waals surface area (Å²) < 4.78 is 2.12. The Morgan fingerprint density at radius 3 is 2.75 bits per heavy atom. The van der Waals surface area contributed by atoms with E-state index in [9.17, 15) is 4.79 Å². The Balaban J connectivity index is 1.86. The summed E-state index contributed by atoms with van der Waals surface area (Å²) in [6.07, 6.45) is 0.723. The normalized spacial score (nSPS) is 21.4. The molecule has 1 aromatic heterocycles. The summed E-state index contributed by atoms with van der Waals surface area (Å²) in [6, 6.07) is 8.78. The number of carbonyl (C=O) groups is 1. The van der Waals surface area contributed by atoms with Crippen molar-refractivity contribution >= 4 is 51.7 Å². The Bertz CT molecular complexity index is 1040. The van der Waals surface area contributed by atoms with Crippen LogP contribution in [0.4, 0.5) is 0 Å². The molecule has 7 heteroatoms. The molecule has 2 bridgehead atoms. The van der Waals surface area contributed by atoms with E-state index < -0.39 is 0 Å². The van der Waals surface area contributed by atoms with Crippen molar-refractivity contribution in [2.75, 3.05) is 0 Å². The number of hydrogen-bond acceptors (Lipinski definition) is 2. The first-order chi connectivity index (χ1) is 11.5. The number of imidazole rings is 1. The van der Waals surface area contributed by atoms with Crippen LogP contribution in [0.1, 0.15) is 40.3 Å². The lowest BCUT2D eigenvalue weighted by Crippen LogP contribution is -2.27. The average Bonchev–Trinajstić information content (AvgIpc) is 3.00. The molecule has 2 aliphatic heterocycles. The first-order valence-corrected chi connectivity index (χ1v) is 8.64. The van der Waals surface area contributed by atoms with Gasteiger partial charge in [0.15, 0.2) is 0 Å². The number of rotatable bonds is 0. The number of nitrogens with zero attached hydrogens (tertiary/aromatic N) is 2. The van der Waals surface area contributed by atoms with Gasteiger partial charge in [0.2, 0.25) is 0 Å². The van der Waals surface area contributed by atoms with Gasteiger partial charge >= 0.3 is 0 Å². The predicted molar refractivity (Wildman–Crippen MR) is 94.2 cm³/mol. The standard InChI is InChI=1S/C17H10Cl3N3O/c18-8-3-1-2-7-15(8)14-6-12(22-17(7)24)16-21-11-4-9(19)10(20)5-13(11)23(14)16/h1-5,12,14H,6H2,(H,22,24)/t12-,14-/m1/s1. The minimum Gasteiger partial charge on any atom is -0.342 e. The van der Waals surface area contributed by atoms with Crippen molar-refractivity contribution in [3.05, 3.63) is 62.4 Å². The summed E-state index contributed by atoms with van der Waals surface area (Å²) in [6.45, 7) is 0. The van der Waals surface area contributed by atoms with Crippen LogP contribution in [0.3, 0.4) is 0 Å². The largest absolute Gasteiger partial charge is 0.342 e. The molecule has 0 spiro atoms. The molecule has 2 aromatic carbocycles. The number of halogens is 3. The highest BCUT2D eigenvalue weighted by atomic mass is 35.5. The van der Waals surface area contributed by atoms with Crippen molar-refractivity contribution in [1.29, 1.82) is 0 Å².